The number of esters is 1. The molecule has 0 aromatic rings. The lowest BCUT2D eigenvalue weighted by molar-refractivity contribution is -0.145. The van der Waals surface area contributed by atoms with Gasteiger partial charge < -0.3 is 10.1 Å². The van der Waals surface area contributed by atoms with E-state index in [-0.39, 0.29) is 22.9 Å². The number of ether oxygens (including phenoxy) is 1. The molecule has 6 heteroatoms. The standard InChI is InChI=1S/C19H30N2O3S/c1-11(2)16-21(15(10-25-16)17(22)24-3)18(23)20-19-7-12-4-13(8-19)6-14(5-12)9-19/h11-16H,4-10H2,1-3H3,(H,20,23). The van der Waals surface area contributed by atoms with Crippen LogP contribution >= 0.6 is 11.8 Å². The minimum absolute atomic E-state index is 0.0265. The summed E-state index contributed by atoms with van der Waals surface area (Å²) >= 11 is 1.70. The molecule has 5 rings (SSSR count). The first-order valence-electron chi connectivity index (χ1n) is 9.70. The fraction of sp³-hybridized carbons (Fsp3) is 0.895. The minimum Gasteiger partial charge on any atom is -0.467 e. The maximum atomic E-state index is 13.3. The average Bonchev–Trinajstić information content (AvgIpc) is 2.97. The second kappa shape index (κ2) is 6.36. The number of thioether (sulfide) groups is 1. The van der Waals surface area contributed by atoms with Gasteiger partial charge in [-0.1, -0.05) is 13.8 Å². The van der Waals surface area contributed by atoms with Gasteiger partial charge in [-0.25, -0.2) is 9.59 Å². The largest absolute Gasteiger partial charge is 0.467 e. The Morgan fingerprint density at radius 3 is 2.16 bits per heavy atom. The van der Waals surface area contributed by atoms with Crippen molar-refractivity contribution in [3.63, 3.8) is 0 Å². The number of nitrogens with zero attached hydrogens (tertiary/aromatic N) is 1. The number of rotatable bonds is 3. The molecule has 2 unspecified atom stereocenters. The lowest BCUT2D eigenvalue weighted by atomic mass is 9.53. The lowest BCUT2D eigenvalue weighted by Gasteiger charge is -2.57. The third-order valence-corrected chi connectivity index (χ3v) is 8.34. The lowest BCUT2D eigenvalue weighted by Crippen LogP contribution is -2.63. The number of urea groups is 1. The first kappa shape index (κ1) is 17.5. The predicted molar refractivity (Wildman–Crippen MR) is 98.2 cm³/mol. The highest BCUT2D eigenvalue weighted by atomic mass is 32.2. The smallest absolute Gasteiger partial charge is 0.329 e. The highest BCUT2D eigenvalue weighted by molar-refractivity contribution is 8.00. The van der Waals surface area contributed by atoms with Crippen LogP contribution < -0.4 is 5.32 Å². The second-order valence-electron chi connectivity index (χ2n) is 9.04. The monoisotopic (exact) mass is 366 g/mol. The Hall–Kier alpha value is -0.910. The molecule has 0 radical (unpaired) electrons. The molecule has 0 spiro atoms. The van der Waals surface area contributed by atoms with Crippen LogP contribution in [0.4, 0.5) is 4.79 Å². The second-order valence-corrected chi connectivity index (χ2v) is 10.2. The third-order valence-electron chi connectivity index (χ3n) is 6.72. The Bertz CT molecular complexity index is 530. The SMILES string of the molecule is COC(=O)C1CSC(C(C)C)N1C(=O)NC12CC3CC(CC(C3)C1)C2. The Kier molecular flexibility index (Phi) is 4.45. The van der Waals surface area contributed by atoms with Crippen LogP contribution in [-0.4, -0.2) is 46.7 Å². The van der Waals surface area contributed by atoms with Crippen molar-refractivity contribution in [1.29, 1.82) is 0 Å². The van der Waals surface area contributed by atoms with Crippen LogP contribution in [0.3, 0.4) is 0 Å². The first-order valence-corrected chi connectivity index (χ1v) is 10.8. The topological polar surface area (TPSA) is 58.6 Å². The van der Waals surface area contributed by atoms with Crippen LogP contribution in [0.5, 0.6) is 0 Å². The fourth-order valence-electron chi connectivity index (χ4n) is 6.17. The maximum absolute atomic E-state index is 13.3. The molecule has 140 valence electrons. The van der Waals surface area contributed by atoms with Crippen molar-refractivity contribution in [1.82, 2.24) is 10.2 Å². The van der Waals surface area contributed by atoms with E-state index in [0.29, 0.717) is 11.7 Å². The molecule has 2 atom stereocenters. The number of methoxy groups -OCH3 is 1. The van der Waals surface area contributed by atoms with E-state index >= 15 is 0 Å². The molecule has 1 aliphatic heterocycles. The number of carbonyl (C=O) groups is 2. The van der Waals surface area contributed by atoms with Crippen LogP contribution in [0.15, 0.2) is 0 Å². The number of nitrogens with one attached hydrogen (secondary N) is 1. The molecule has 5 nitrogen and oxygen atoms in total. The Balaban J connectivity index is 1.53. The van der Waals surface area contributed by atoms with E-state index in [4.69, 9.17) is 4.74 Å². The summed E-state index contributed by atoms with van der Waals surface area (Å²) in [6.07, 6.45) is 7.44. The van der Waals surface area contributed by atoms with Gasteiger partial charge in [-0.15, -0.1) is 11.8 Å². The number of hydrogen-bond acceptors (Lipinski definition) is 4. The van der Waals surface area contributed by atoms with Crippen molar-refractivity contribution in [2.75, 3.05) is 12.9 Å². The quantitative estimate of drug-likeness (QED) is 0.779. The van der Waals surface area contributed by atoms with E-state index < -0.39 is 6.04 Å². The summed E-state index contributed by atoms with van der Waals surface area (Å²) in [4.78, 5) is 27.3. The number of hydrogen-bond donors (Lipinski definition) is 1. The number of amides is 2. The van der Waals surface area contributed by atoms with Gasteiger partial charge in [0.05, 0.1) is 12.5 Å². The molecule has 1 saturated heterocycles. The van der Waals surface area contributed by atoms with Crippen LogP contribution in [0.2, 0.25) is 0 Å². The van der Waals surface area contributed by atoms with Gasteiger partial charge in [0.15, 0.2) is 0 Å². The zero-order valence-corrected chi connectivity index (χ0v) is 16.3. The summed E-state index contributed by atoms with van der Waals surface area (Å²) in [6, 6.07) is -0.516. The Labute approximate surface area is 154 Å². The molecule has 0 aromatic carbocycles. The molecule has 4 saturated carbocycles. The summed E-state index contributed by atoms with van der Waals surface area (Å²) in [6.45, 7) is 4.23. The van der Waals surface area contributed by atoms with Crippen molar-refractivity contribution in [3.8, 4) is 0 Å². The summed E-state index contributed by atoms with van der Waals surface area (Å²) < 4.78 is 4.96. The summed E-state index contributed by atoms with van der Waals surface area (Å²) in [7, 11) is 1.41. The molecular weight excluding hydrogens is 336 g/mol. The van der Waals surface area contributed by atoms with Gasteiger partial charge in [-0.2, -0.15) is 0 Å². The minimum atomic E-state index is -0.462. The molecule has 0 aromatic heterocycles. The zero-order chi connectivity index (χ0) is 17.8. The first-order chi connectivity index (χ1) is 11.9. The van der Waals surface area contributed by atoms with Crippen molar-refractivity contribution >= 4 is 23.8 Å². The summed E-state index contributed by atoms with van der Waals surface area (Å²) in [5, 5.41) is 3.47. The third kappa shape index (κ3) is 3.04. The van der Waals surface area contributed by atoms with Crippen LogP contribution in [0.1, 0.15) is 52.4 Å². The van der Waals surface area contributed by atoms with Gasteiger partial charge in [0.2, 0.25) is 0 Å². The molecule has 4 bridgehead atoms. The Morgan fingerprint density at radius 1 is 1.12 bits per heavy atom. The van der Waals surface area contributed by atoms with Crippen LogP contribution in [0, 0.1) is 23.7 Å². The van der Waals surface area contributed by atoms with Crippen molar-refractivity contribution in [2.45, 2.75) is 69.3 Å². The molecule has 1 N–H and O–H groups in total. The molecule has 5 fully saturated rings. The van der Waals surface area contributed by atoms with E-state index in [1.165, 1.54) is 26.4 Å². The van der Waals surface area contributed by atoms with E-state index in [1.807, 2.05) is 0 Å². The molecular formula is C19H30N2O3S. The van der Waals surface area contributed by atoms with Crippen LogP contribution in [0.25, 0.3) is 0 Å². The van der Waals surface area contributed by atoms with E-state index in [0.717, 1.165) is 37.0 Å². The predicted octanol–water partition coefficient (Wildman–Crippen LogP) is 3.24. The molecule has 4 aliphatic carbocycles. The van der Waals surface area contributed by atoms with E-state index in [2.05, 4.69) is 19.2 Å². The highest BCUT2D eigenvalue weighted by Gasteiger charge is 2.53. The maximum Gasteiger partial charge on any atom is 0.329 e. The van der Waals surface area contributed by atoms with E-state index in [1.54, 1.807) is 16.7 Å². The molecule has 25 heavy (non-hydrogen) atoms. The van der Waals surface area contributed by atoms with Gasteiger partial charge in [-0.05, 0) is 62.2 Å². The summed E-state index contributed by atoms with van der Waals surface area (Å²) in [5.74, 6) is 3.01. The average molecular weight is 367 g/mol. The van der Waals surface area contributed by atoms with Crippen molar-refractivity contribution < 1.29 is 14.3 Å². The van der Waals surface area contributed by atoms with Gasteiger partial charge >= 0.3 is 12.0 Å². The van der Waals surface area contributed by atoms with Crippen molar-refractivity contribution in [2.24, 2.45) is 23.7 Å². The fourth-order valence-corrected chi connectivity index (χ4v) is 7.64. The van der Waals surface area contributed by atoms with E-state index in [9.17, 15) is 9.59 Å². The van der Waals surface area contributed by atoms with Gasteiger partial charge in [0, 0.05) is 11.3 Å². The molecule has 5 aliphatic rings. The molecule has 2 amide bonds. The van der Waals surface area contributed by atoms with Crippen molar-refractivity contribution in [3.05, 3.63) is 0 Å². The summed E-state index contributed by atoms with van der Waals surface area (Å²) in [5.41, 5.74) is -0.0265. The normalized spacial score (nSPS) is 42.1. The molecule has 1 heterocycles. The Morgan fingerprint density at radius 2 is 1.68 bits per heavy atom. The van der Waals surface area contributed by atoms with Crippen LogP contribution in [-0.2, 0) is 9.53 Å². The van der Waals surface area contributed by atoms with Gasteiger partial charge in [-0.3, -0.25) is 4.90 Å². The number of carbonyl (C=O) groups excluding carboxylic acids is 2. The van der Waals surface area contributed by atoms with Gasteiger partial charge in [0.1, 0.15) is 6.04 Å². The van der Waals surface area contributed by atoms with Gasteiger partial charge in [0.25, 0.3) is 0 Å². The zero-order valence-electron chi connectivity index (χ0n) is 15.5. The highest BCUT2D eigenvalue weighted by Crippen LogP contribution is 2.55.